The van der Waals surface area contributed by atoms with Gasteiger partial charge < -0.3 is 19.8 Å². The average molecular weight is 504 g/mol. The molecule has 4 rings (SSSR count). The normalized spacial score (nSPS) is 15.8. The standard InChI is InChI=1S/C29H33N3O5/c1-20(2)21-12-14-23(15-13-21)32(26(33)19-31-28(34)25-11-7-17-37-25)27(22-8-4-3-5-9-22)29(35)30-18-24-10-6-16-36-24/h3-5,7-9,11-15,17,20,24,27H,6,10,16,18-19H2,1-2H3,(H,30,35)(H,31,34). The Balaban J connectivity index is 1.64. The van der Waals surface area contributed by atoms with Gasteiger partial charge in [0.25, 0.3) is 5.91 Å². The summed E-state index contributed by atoms with van der Waals surface area (Å²) in [4.78, 5) is 41.2. The first kappa shape index (κ1) is 26.2. The highest BCUT2D eigenvalue weighted by Gasteiger charge is 2.33. The SMILES string of the molecule is CC(C)c1ccc(N(C(=O)CNC(=O)c2ccco2)C(C(=O)NCC2CCCO2)c2ccccc2)cc1. The molecule has 0 spiro atoms. The molecule has 3 amide bonds. The lowest BCUT2D eigenvalue weighted by atomic mass is 10.0. The Bertz CT molecular complexity index is 1170. The van der Waals surface area contributed by atoms with Crippen LogP contribution in [-0.4, -0.2) is 43.5 Å². The number of carbonyl (C=O) groups is 3. The van der Waals surface area contributed by atoms with E-state index in [1.54, 1.807) is 6.07 Å². The zero-order valence-electron chi connectivity index (χ0n) is 21.2. The van der Waals surface area contributed by atoms with Gasteiger partial charge in [0.05, 0.1) is 18.9 Å². The van der Waals surface area contributed by atoms with Crippen LogP contribution in [0.5, 0.6) is 0 Å². The molecule has 37 heavy (non-hydrogen) atoms. The molecule has 1 aliphatic heterocycles. The third-order valence-electron chi connectivity index (χ3n) is 6.40. The number of amides is 3. The van der Waals surface area contributed by atoms with Gasteiger partial charge in [-0.2, -0.15) is 0 Å². The van der Waals surface area contributed by atoms with Gasteiger partial charge in [0.15, 0.2) is 5.76 Å². The summed E-state index contributed by atoms with van der Waals surface area (Å²) in [6.45, 7) is 4.92. The van der Waals surface area contributed by atoms with Crippen LogP contribution in [-0.2, 0) is 14.3 Å². The first-order chi connectivity index (χ1) is 17.9. The van der Waals surface area contributed by atoms with E-state index in [0.29, 0.717) is 30.3 Å². The van der Waals surface area contributed by atoms with Crippen molar-refractivity contribution in [3.05, 3.63) is 89.9 Å². The van der Waals surface area contributed by atoms with Gasteiger partial charge in [-0.1, -0.05) is 56.3 Å². The smallest absolute Gasteiger partial charge is 0.287 e. The van der Waals surface area contributed by atoms with Crippen molar-refractivity contribution in [1.82, 2.24) is 10.6 Å². The average Bonchev–Trinajstić information content (AvgIpc) is 3.64. The summed E-state index contributed by atoms with van der Waals surface area (Å²) in [5.74, 6) is -0.841. The van der Waals surface area contributed by atoms with E-state index in [1.165, 1.54) is 17.2 Å². The zero-order chi connectivity index (χ0) is 26.2. The fourth-order valence-electron chi connectivity index (χ4n) is 4.36. The van der Waals surface area contributed by atoms with Crippen LogP contribution in [0.15, 0.2) is 77.4 Å². The Morgan fingerprint density at radius 3 is 2.32 bits per heavy atom. The van der Waals surface area contributed by atoms with Crippen molar-refractivity contribution in [3.8, 4) is 0 Å². The van der Waals surface area contributed by atoms with E-state index in [-0.39, 0.29) is 24.3 Å². The second kappa shape index (κ2) is 12.4. The Morgan fingerprint density at radius 1 is 0.946 bits per heavy atom. The Hall–Kier alpha value is -3.91. The molecule has 8 nitrogen and oxygen atoms in total. The van der Waals surface area contributed by atoms with Crippen molar-refractivity contribution in [2.75, 3.05) is 24.6 Å². The second-order valence-electron chi connectivity index (χ2n) is 9.36. The molecule has 1 fully saturated rings. The van der Waals surface area contributed by atoms with Gasteiger partial charge in [-0.3, -0.25) is 19.3 Å². The van der Waals surface area contributed by atoms with Gasteiger partial charge in [-0.05, 0) is 54.2 Å². The minimum atomic E-state index is -0.944. The van der Waals surface area contributed by atoms with Crippen molar-refractivity contribution >= 4 is 23.4 Å². The molecular formula is C29H33N3O5. The van der Waals surface area contributed by atoms with E-state index in [9.17, 15) is 14.4 Å². The maximum absolute atomic E-state index is 13.7. The first-order valence-corrected chi connectivity index (χ1v) is 12.6. The van der Waals surface area contributed by atoms with E-state index >= 15 is 0 Å². The van der Waals surface area contributed by atoms with Crippen LogP contribution in [0.3, 0.4) is 0 Å². The molecule has 0 aliphatic carbocycles. The summed E-state index contributed by atoms with van der Waals surface area (Å²) < 4.78 is 10.8. The molecule has 0 saturated carbocycles. The molecule has 1 aliphatic rings. The number of furan rings is 1. The zero-order valence-corrected chi connectivity index (χ0v) is 21.2. The monoisotopic (exact) mass is 503 g/mol. The maximum Gasteiger partial charge on any atom is 0.287 e. The summed E-state index contributed by atoms with van der Waals surface area (Å²) in [7, 11) is 0. The Morgan fingerprint density at radius 2 is 1.70 bits per heavy atom. The number of hydrogen-bond acceptors (Lipinski definition) is 5. The van der Waals surface area contributed by atoms with Gasteiger partial charge in [-0.15, -0.1) is 0 Å². The van der Waals surface area contributed by atoms with E-state index < -0.39 is 17.9 Å². The van der Waals surface area contributed by atoms with Crippen molar-refractivity contribution in [1.29, 1.82) is 0 Å². The number of nitrogens with one attached hydrogen (secondary N) is 2. The molecule has 8 heteroatoms. The van der Waals surface area contributed by atoms with E-state index in [4.69, 9.17) is 9.15 Å². The molecule has 2 unspecified atom stereocenters. The molecule has 0 bridgehead atoms. The fraction of sp³-hybridized carbons (Fsp3) is 0.345. The molecule has 3 aromatic rings. The van der Waals surface area contributed by atoms with Gasteiger partial charge in [0.1, 0.15) is 6.04 Å². The predicted molar refractivity (Wildman–Crippen MR) is 140 cm³/mol. The highest BCUT2D eigenvalue weighted by atomic mass is 16.5. The second-order valence-corrected chi connectivity index (χ2v) is 9.36. The summed E-state index contributed by atoms with van der Waals surface area (Å²) in [6.07, 6.45) is 3.20. The van der Waals surface area contributed by atoms with E-state index in [1.807, 2.05) is 54.6 Å². The number of ether oxygens (including phenoxy) is 1. The Kier molecular flexibility index (Phi) is 8.74. The van der Waals surface area contributed by atoms with Crippen LogP contribution < -0.4 is 15.5 Å². The molecule has 2 atom stereocenters. The van der Waals surface area contributed by atoms with E-state index in [0.717, 1.165) is 18.4 Å². The third kappa shape index (κ3) is 6.65. The predicted octanol–water partition coefficient (Wildman–Crippen LogP) is 4.20. The lowest BCUT2D eigenvalue weighted by molar-refractivity contribution is -0.126. The van der Waals surface area contributed by atoms with Crippen LogP contribution >= 0.6 is 0 Å². The largest absolute Gasteiger partial charge is 0.459 e. The number of rotatable bonds is 10. The van der Waals surface area contributed by atoms with Crippen molar-refractivity contribution < 1.29 is 23.5 Å². The van der Waals surface area contributed by atoms with Crippen LogP contribution in [0.4, 0.5) is 5.69 Å². The number of carbonyl (C=O) groups excluding carboxylic acids is 3. The Labute approximate surface area is 217 Å². The minimum Gasteiger partial charge on any atom is -0.459 e. The van der Waals surface area contributed by atoms with E-state index in [2.05, 4.69) is 24.5 Å². The summed E-state index contributed by atoms with van der Waals surface area (Å²) in [5.41, 5.74) is 2.33. The fourth-order valence-corrected chi connectivity index (χ4v) is 4.36. The minimum absolute atomic E-state index is 0.0394. The summed E-state index contributed by atoms with van der Waals surface area (Å²) in [5, 5.41) is 5.60. The lowest BCUT2D eigenvalue weighted by Crippen LogP contribution is -2.48. The molecular weight excluding hydrogens is 470 g/mol. The number of nitrogens with zero attached hydrogens (tertiary/aromatic N) is 1. The van der Waals surface area contributed by atoms with Crippen LogP contribution in [0.1, 0.15) is 60.3 Å². The van der Waals surface area contributed by atoms with Crippen LogP contribution in [0.25, 0.3) is 0 Å². The molecule has 194 valence electrons. The van der Waals surface area contributed by atoms with Gasteiger partial charge in [0, 0.05) is 18.8 Å². The lowest BCUT2D eigenvalue weighted by Gasteiger charge is -2.32. The topological polar surface area (TPSA) is 101 Å². The highest BCUT2D eigenvalue weighted by Crippen LogP contribution is 2.29. The van der Waals surface area contributed by atoms with Crippen molar-refractivity contribution in [3.63, 3.8) is 0 Å². The van der Waals surface area contributed by atoms with Gasteiger partial charge >= 0.3 is 0 Å². The molecule has 2 aromatic carbocycles. The summed E-state index contributed by atoms with van der Waals surface area (Å²) >= 11 is 0. The van der Waals surface area contributed by atoms with Gasteiger partial charge in [-0.25, -0.2) is 0 Å². The molecule has 2 N–H and O–H groups in total. The number of anilines is 1. The maximum atomic E-state index is 13.7. The third-order valence-corrected chi connectivity index (χ3v) is 6.40. The quantitative estimate of drug-likeness (QED) is 0.432. The number of hydrogen-bond donors (Lipinski definition) is 2. The van der Waals surface area contributed by atoms with Crippen LogP contribution in [0.2, 0.25) is 0 Å². The molecule has 2 heterocycles. The van der Waals surface area contributed by atoms with Gasteiger partial charge in [0.2, 0.25) is 11.8 Å². The van der Waals surface area contributed by atoms with Crippen LogP contribution in [0, 0.1) is 0 Å². The highest BCUT2D eigenvalue weighted by molar-refractivity contribution is 6.04. The number of benzene rings is 2. The van der Waals surface area contributed by atoms with Crippen molar-refractivity contribution in [2.45, 2.75) is 44.8 Å². The summed E-state index contributed by atoms with van der Waals surface area (Å²) in [6, 6.07) is 18.9. The van der Waals surface area contributed by atoms with Crippen molar-refractivity contribution in [2.24, 2.45) is 0 Å². The first-order valence-electron chi connectivity index (χ1n) is 12.6. The molecule has 1 aromatic heterocycles. The molecule has 0 radical (unpaired) electrons. The molecule has 1 saturated heterocycles.